The fourth-order valence-electron chi connectivity index (χ4n) is 4.75. The zero-order valence-corrected chi connectivity index (χ0v) is 26.8. The van der Waals surface area contributed by atoms with Crippen molar-refractivity contribution in [3.63, 3.8) is 0 Å². The molecule has 2 fully saturated rings. The number of benzene rings is 1. The Morgan fingerprint density at radius 3 is 2.37 bits per heavy atom. The maximum atomic E-state index is 13.1. The monoisotopic (exact) mass is 586 g/mol. The number of aliphatic hydroxyl groups is 1. The number of rotatable bonds is 8. The summed E-state index contributed by atoms with van der Waals surface area (Å²) in [6, 6.07) is 7.36. The lowest BCUT2D eigenvalue weighted by Gasteiger charge is -2.39. The first-order valence-electron chi connectivity index (χ1n) is 14.4. The molecule has 10 heteroatoms. The predicted molar refractivity (Wildman–Crippen MR) is 167 cm³/mol. The van der Waals surface area contributed by atoms with Gasteiger partial charge in [-0.3, -0.25) is 4.79 Å². The number of allylic oxidation sites excluding steroid dienone is 1. The zero-order valence-electron chi connectivity index (χ0n) is 26.0. The number of thiazole rings is 1. The number of aryl methyl sites for hydroxylation is 1. The fraction of sp³-hybridized carbons (Fsp3) is 0.581. The molecule has 1 aliphatic heterocycles. The third-order valence-electron chi connectivity index (χ3n) is 7.44. The van der Waals surface area contributed by atoms with E-state index in [1.165, 1.54) is 25.9 Å². The molecule has 4 rings (SSSR count). The number of aldehydes is 1. The number of hydrogen-bond acceptors (Lipinski definition) is 9. The van der Waals surface area contributed by atoms with E-state index in [9.17, 15) is 14.7 Å². The maximum absolute atomic E-state index is 13.1. The highest BCUT2D eigenvalue weighted by atomic mass is 32.1. The average Bonchev–Trinajstić information content (AvgIpc) is 3.35. The number of aliphatic hydroxyl groups excluding tert-OH is 1. The van der Waals surface area contributed by atoms with E-state index in [0.29, 0.717) is 12.0 Å². The van der Waals surface area contributed by atoms with Crippen molar-refractivity contribution in [2.75, 3.05) is 13.6 Å². The number of nitrogens with one attached hydrogen (secondary N) is 1. The lowest BCUT2D eigenvalue weighted by Crippen LogP contribution is -2.57. The van der Waals surface area contributed by atoms with Gasteiger partial charge in [0.05, 0.1) is 28.2 Å². The second-order valence-corrected chi connectivity index (χ2v) is 12.8. The van der Waals surface area contributed by atoms with Gasteiger partial charge in [0, 0.05) is 36.8 Å². The molecule has 6 N–H and O–H groups in total. The summed E-state index contributed by atoms with van der Waals surface area (Å²) in [5, 5.41) is 14.3. The van der Waals surface area contributed by atoms with E-state index in [0.717, 1.165) is 25.1 Å². The van der Waals surface area contributed by atoms with Gasteiger partial charge < -0.3 is 30.9 Å². The van der Waals surface area contributed by atoms with Crippen LogP contribution in [0.3, 0.4) is 0 Å². The van der Waals surface area contributed by atoms with Crippen molar-refractivity contribution in [2.45, 2.75) is 92.5 Å². The molecule has 2 aromatic rings. The Morgan fingerprint density at radius 1 is 1.29 bits per heavy atom. The quantitative estimate of drug-likeness (QED) is 0.205. The number of carbonyl (C=O) groups excluding carboxylic acids is 2. The first-order chi connectivity index (χ1) is 19.3. The Kier molecular flexibility index (Phi) is 12.5. The molecular weight excluding hydrogens is 536 g/mol. The second-order valence-electron chi connectivity index (χ2n) is 11.9. The molecule has 1 aromatic heterocycles. The van der Waals surface area contributed by atoms with E-state index < -0.39 is 23.6 Å². The molecular formula is C31H50N6O3S. The number of β-amino-alcohol motifs (C(OH)–C–C–N with tert-alkyl or cyclic N) is 1. The van der Waals surface area contributed by atoms with Gasteiger partial charge in [-0.2, -0.15) is 0 Å². The summed E-state index contributed by atoms with van der Waals surface area (Å²) in [4.78, 5) is 31.3. The number of hydrogen-bond donors (Lipinski definition) is 4. The van der Waals surface area contributed by atoms with Crippen molar-refractivity contribution < 1.29 is 14.7 Å². The highest BCUT2D eigenvalue weighted by Crippen LogP contribution is 2.49. The molecule has 228 valence electrons. The van der Waals surface area contributed by atoms with Crippen molar-refractivity contribution in [3.8, 4) is 10.4 Å². The minimum absolute atomic E-state index is 0.0295. The van der Waals surface area contributed by atoms with Gasteiger partial charge in [-0.05, 0) is 43.4 Å². The van der Waals surface area contributed by atoms with Gasteiger partial charge in [-0.25, -0.2) is 10.8 Å². The molecule has 0 bridgehead atoms. The van der Waals surface area contributed by atoms with Crippen molar-refractivity contribution in [1.29, 1.82) is 0 Å². The SMILES string of the molecule is CC.CC1(/C(N)=C/N(N)C(C(=O)N2C[C@H](O)C[C@H]2C=O)C(C)(C)C)CC1.CNCc1ccc(-c2scnc2C)cc1. The minimum atomic E-state index is -0.679. The fourth-order valence-corrected chi connectivity index (χ4v) is 5.56. The number of carbonyl (C=O) groups is 2. The summed E-state index contributed by atoms with van der Waals surface area (Å²) in [7, 11) is 1.96. The van der Waals surface area contributed by atoms with E-state index in [4.69, 9.17) is 11.6 Å². The van der Waals surface area contributed by atoms with Gasteiger partial charge in [0.2, 0.25) is 5.91 Å². The first-order valence-corrected chi connectivity index (χ1v) is 15.3. The summed E-state index contributed by atoms with van der Waals surface area (Å²) in [5.74, 6) is 5.94. The van der Waals surface area contributed by atoms with Gasteiger partial charge in [0.15, 0.2) is 0 Å². The van der Waals surface area contributed by atoms with Crippen LogP contribution < -0.4 is 16.9 Å². The van der Waals surface area contributed by atoms with Crippen molar-refractivity contribution in [1.82, 2.24) is 20.2 Å². The molecule has 9 nitrogen and oxygen atoms in total. The van der Waals surface area contributed by atoms with Crippen LogP contribution in [0.4, 0.5) is 0 Å². The first kappa shape index (κ1) is 34.4. The van der Waals surface area contributed by atoms with Crippen LogP contribution in [0.15, 0.2) is 41.7 Å². The second kappa shape index (κ2) is 14.9. The largest absolute Gasteiger partial charge is 0.400 e. The van der Waals surface area contributed by atoms with Crippen LogP contribution in [-0.4, -0.2) is 64.0 Å². The van der Waals surface area contributed by atoms with Crippen molar-refractivity contribution >= 4 is 23.5 Å². The van der Waals surface area contributed by atoms with Gasteiger partial charge in [0.1, 0.15) is 12.3 Å². The highest BCUT2D eigenvalue weighted by molar-refractivity contribution is 7.13. The van der Waals surface area contributed by atoms with Crippen LogP contribution in [0.1, 0.15) is 72.1 Å². The Morgan fingerprint density at radius 2 is 1.90 bits per heavy atom. The molecule has 41 heavy (non-hydrogen) atoms. The van der Waals surface area contributed by atoms with Gasteiger partial charge in [-0.1, -0.05) is 65.8 Å². The van der Waals surface area contributed by atoms with Gasteiger partial charge >= 0.3 is 0 Å². The van der Waals surface area contributed by atoms with Crippen LogP contribution in [-0.2, 0) is 16.1 Å². The molecule has 1 aliphatic carbocycles. The number of nitrogens with zero attached hydrogens (tertiary/aromatic N) is 3. The van der Waals surface area contributed by atoms with Crippen LogP contribution in [0, 0.1) is 17.8 Å². The van der Waals surface area contributed by atoms with Crippen LogP contribution >= 0.6 is 11.3 Å². The van der Waals surface area contributed by atoms with Gasteiger partial charge in [0.25, 0.3) is 0 Å². The van der Waals surface area contributed by atoms with E-state index in [1.54, 1.807) is 17.5 Å². The van der Waals surface area contributed by atoms with Crippen LogP contribution in [0.2, 0.25) is 0 Å². The Bertz CT molecular complexity index is 1150. The lowest BCUT2D eigenvalue weighted by atomic mass is 9.85. The van der Waals surface area contributed by atoms with E-state index in [2.05, 4.69) is 41.5 Å². The zero-order chi connectivity index (χ0) is 31.0. The lowest BCUT2D eigenvalue weighted by molar-refractivity contribution is -0.142. The van der Waals surface area contributed by atoms with E-state index in [1.807, 2.05) is 54.1 Å². The summed E-state index contributed by atoms with van der Waals surface area (Å²) in [6.07, 6.45) is 3.98. The molecule has 3 atom stereocenters. The standard InChI is InChI=1S/C17H30N4O3.C12H14N2S.C2H6/c1-16(2,3)14(21(19)9-13(18)17(4)5-6-17)15(24)20-8-12(23)7-11(20)10-22;1-9-12(15-8-14-9)11-5-3-10(4-6-11)7-13-2;1-2/h9-12,14,23H,5-8,18-19H2,1-4H3;3-6,8,13H,7H2,1-2H3;1-2H3/b13-9-;;/t11-,12+,14?;;/m0../s1. The minimum Gasteiger partial charge on any atom is -0.400 e. The van der Waals surface area contributed by atoms with E-state index in [-0.39, 0.29) is 24.3 Å². The summed E-state index contributed by atoms with van der Waals surface area (Å²) < 4.78 is 0. The topological polar surface area (TPSA) is 138 Å². The Labute approximate surface area is 250 Å². The molecule has 1 unspecified atom stereocenters. The number of likely N-dealkylation sites (tertiary alicyclic amines) is 1. The molecule has 1 saturated carbocycles. The smallest absolute Gasteiger partial charge is 0.248 e. The normalized spacial score (nSPS) is 20.2. The molecule has 2 heterocycles. The number of hydrazine groups is 1. The third-order valence-corrected chi connectivity index (χ3v) is 8.42. The van der Waals surface area contributed by atoms with Crippen LogP contribution in [0.25, 0.3) is 10.4 Å². The molecule has 0 radical (unpaired) electrons. The summed E-state index contributed by atoms with van der Waals surface area (Å²) in [5.41, 5.74) is 11.9. The Hall–Kier alpha value is -2.79. The molecule has 2 aliphatic rings. The highest BCUT2D eigenvalue weighted by Gasteiger charge is 2.44. The third kappa shape index (κ3) is 9.10. The summed E-state index contributed by atoms with van der Waals surface area (Å²) >= 11 is 1.70. The number of nitrogens with two attached hydrogens (primary N) is 2. The van der Waals surface area contributed by atoms with Crippen LogP contribution in [0.5, 0.6) is 0 Å². The molecule has 1 saturated heterocycles. The average molecular weight is 587 g/mol. The molecule has 1 amide bonds. The predicted octanol–water partition coefficient (Wildman–Crippen LogP) is 4.20. The molecule has 1 aromatic carbocycles. The molecule has 0 spiro atoms. The Balaban J connectivity index is 0.000000296. The number of aromatic nitrogens is 1. The maximum Gasteiger partial charge on any atom is 0.248 e. The van der Waals surface area contributed by atoms with Crippen molar-refractivity contribution in [2.24, 2.45) is 22.4 Å². The van der Waals surface area contributed by atoms with Crippen molar-refractivity contribution in [3.05, 3.63) is 52.9 Å². The van der Waals surface area contributed by atoms with Gasteiger partial charge in [-0.15, -0.1) is 11.3 Å². The number of amides is 1. The summed E-state index contributed by atoms with van der Waals surface area (Å²) in [6.45, 7) is 14.9. The van der Waals surface area contributed by atoms with E-state index >= 15 is 0 Å².